The van der Waals surface area contributed by atoms with E-state index in [-0.39, 0.29) is 5.56 Å². The van der Waals surface area contributed by atoms with Crippen LogP contribution in [0.5, 0.6) is 5.75 Å². The molecule has 144 valence electrons. The summed E-state index contributed by atoms with van der Waals surface area (Å²) in [6, 6.07) is 19.8. The highest BCUT2D eigenvalue weighted by molar-refractivity contribution is 6.30. The van der Waals surface area contributed by atoms with Gasteiger partial charge in [-0.2, -0.15) is 0 Å². The molecule has 0 aliphatic heterocycles. The summed E-state index contributed by atoms with van der Waals surface area (Å²) in [4.78, 5) is 10.9. The molecule has 0 amide bonds. The summed E-state index contributed by atoms with van der Waals surface area (Å²) in [5, 5.41) is 13.6. The van der Waals surface area contributed by atoms with E-state index in [2.05, 4.69) is 5.32 Å². The predicted molar refractivity (Wildman–Crippen MR) is 111 cm³/mol. The summed E-state index contributed by atoms with van der Waals surface area (Å²) in [7, 11) is 0. The maximum absolute atomic E-state index is 10.9. The molecule has 0 fully saturated rings. The number of aromatic carboxylic acids is 1. The van der Waals surface area contributed by atoms with Gasteiger partial charge in [-0.05, 0) is 53.6 Å². The number of nitrogens with one attached hydrogen (secondary N) is 1. The molecular formula is C22H19Cl2NO3. The SMILES string of the molecule is O=C(O)c1ccc(CNCc2cc(Cl)ccc2OCc2ccc(Cl)cc2)cc1. The number of carboxylic acids is 1. The minimum Gasteiger partial charge on any atom is -0.489 e. The lowest BCUT2D eigenvalue weighted by Crippen LogP contribution is -2.14. The summed E-state index contributed by atoms with van der Waals surface area (Å²) >= 11 is 12.1. The Morgan fingerprint density at radius 1 is 0.857 bits per heavy atom. The van der Waals surface area contributed by atoms with E-state index in [1.165, 1.54) is 0 Å². The van der Waals surface area contributed by atoms with E-state index in [0.717, 1.165) is 22.4 Å². The molecule has 0 unspecified atom stereocenters. The minimum absolute atomic E-state index is 0.275. The van der Waals surface area contributed by atoms with Gasteiger partial charge >= 0.3 is 5.97 Å². The van der Waals surface area contributed by atoms with Crippen molar-refractivity contribution < 1.29 is 14.6 Å². The molecule has 0 radical (unpaired) electrons. The summed E-state index contributed by atoms with van der Waals surface area (Å²) in [5.74, 6) is -0.172. The molecule has 0 saturated heterocycles. The zero-order valence-electron chi connectivity index (χ0n) is 15.0. The second kappa shape index (κ2) is 9.60. The summed E-state index contributed by atoms with van der Waals surface area (Å²) < 4.78 is 5.96. The Morgan fingerprint density at radius 2 is 1.50 bits per heavy atom. The summed E-state index contributed by atoms with van der Waals surface area (Å²) in [5.41, 5.74) is 3.24. The fraction of sp³-hybridized carbons (Fsp3) is 0.136. The van der Waals surface area contributed by atoms with Crippen LogP contribution in [0.1, 0.15) is 27.0 Å². The molecule has 0 spiro atoms. The normalized spacial score (nSPS) is 10.6. The van der Waals surface area contributed by atoms with Crippen molar-refractivity contribution >= 4 is 29.2 Å². The van der Waals surface area contributed by atoms with Gasteiger partial charge in [0, 0.05) is 28.7 Å². The van der Waals surface area contributed by atoms with Crippen LogP contribution < -0.4 is 10.1 Å². The van der Waals surface area contributed by atoms with Crippen molar-refractivity contribution in [2.24, 2.45) is 0 Å². The van der Waals surface area contributed by atoms with Crippen LogP contribution in [-0.2, 0) is 19.7 Å². The summed E-state index contributed by atoms with van der Waals surface area (Å²) in [6.45, 7) is 1.60. The number of hydrogen-bond donors (Lipinski definition) is 2. The number of carbonyl (C=O) groups is 1. The van der Waals surface area contributed by atoms with Gasteiger partial charge in [0.15, 0.2) is 0 Å². The smallest absolute Gasteiger partial charge is 0.335 e. The Bertz CT molecular complexity index is 941. The third-order valence-corrected chi connectivity index (χ3v) is 4.66. The molecule has 2 N–H and O–H groups in total. The summed E-state index contributed by atoms with van der Waals surface area (Å²) in [6.07, 6.45) is 0. The van der Waals surface area contributed by atoms with Crippen LogP contribution in [0.15, 0.2) is 66.7 Å². The second-order valence-electron chi connectivity index (χ2n) is 6.27. The molecular weight excluding hydrogens is 397 g/mol. The lowest BCUT2D eigenvalue weighted by molar-refractivity contribution is 0.0697. The Morgan fingerprint density at radius 3 is 2.18 bits per heavy atom. The zero-order valence-corrected chi connectivity index (χ0v) is 16.5. The Kier molecular flexibility index (Phi) is 6.93. The number of ether oxygens (including phenoxy) is 1. The molecule has 0 aliphatic rings. The molecule has 3 aromatic carbocycles. The first-order chi connectivity index (χ1) is 13.5. The van der Waals surface area contributed by atoms with Gasteiger partial charge in [0.25, 0.3) is 0 Å². The topological polar surface area (TPSA) is 58.6 Å². The van der Waals surface area contributed by atoms with Crippen molar-refractivity contribution in [2.75, 3.05) is 0 Å². The molecule has 0 heterocycles. The van der Waals surface area contributed by atoms with Gasteiger partial charge in [0.05, 0.1) is 5.56 Å². The number of benzene rings is 3. The van der Waals surface area contributed by atoms with Gasteiger partial charge in [0.1, 0.15) is 12.4 Å². The van der Waals surface area contributed by atoms with Gasteiger partial charge in [-0.25, -0.2) is 4.79 Å². The van der Waals surface area contributed by atoms with Crippen molar-refractivity contribution in [3.05, 3.63) is 99.0 Å². The van der Waals surface area contributed by atoms with Crippen molar-refractivity contribution in [1.29, 1.82) is 0 Å². The van der Waals surface area contributed by atoms with Gasteiger partial charge in [0.2, 0.25) is 0 Å². The van der Waals surface area contributed by atoms with E-state index >= 15 is 0 Å². The van der Waals surface area contributed by atoms with E-state index in [4.69, 9.17) is 33.0 Å². The van der Waals surface area contributed by atoms with Gasteiger partial charge in [-0.3, -0.25) is 0 Å². The first kappa shape index (κ1) is 20.2. The van der Waals surface area contributed by atoms with Crippen LogP contribution in [0.4, 0.5) is 0 Å². The predicted octanol–water partition coefficient (Wildman–Crippen LogP) is 5.56. The number of hydrogen-bond acceptors (Lipinski definition) is 3. The minimum atomic E-state index is -0.930. The standard InChI is InChI=1S/C22H19Cl2NO3/c23-19-7-3-16(4-8-19)14-28-21-10-9-20(24)11-18(21)13-25-12-15-1-5-17(6-2-15)22(26)27/h1-11,25H,12-14H2,(H,26,27). The third-order valence-electron chi connectivity index (χ3n) is 4.18. The molecule has 0 aliphatic carbocycles. The van der Waals surface area contributed by atoms with E-state index in [0.29, 0.717) is 29.7 Å². The van der Waals surface area contributed by atoms with Crippen molar-refractivity contribution in [2.45, 2.75) is 19.7 Å². The molecule has 3 rings (SSSR count). The Hall–Kier alpha value is -2.53. The molecule has 0 saturated carbocycles. The van der Waals surface area contributed by atoms with Gasteiger partial charge in [-0.15, -0.1) is 0 Å². The second-order valence-corrected chi connectivity index (χ2v) is 7.15. The molecule has 6 heteroatoms. The van der Waals surface area contributed by atoms with E-state index in [1.807, 2.05) is 36.4 Å². The quantitative estimate of drug-likeness (QED) is 0.505. The molecule has 28 heavy (non-hydrogen) atoms. The van der Waals surface area contributed by atoms with E-state index in [1.54, 1.807) is 30.3 Å². The molecule has 0 bridgehead atoms. The lowest BCUT2D eigenvalue weighted by Gasteiger charge is -2.13. The van der Waals surface area contributed by atoms with Gasteiger partial charge in [-0.1, -0.05) is 47.5 Å². The molecule has 0 aromatic heterocycles. The average Bonchev–Trinajstić information content (AvgIpc) is 2.69. The average molecular weight is 416 g/mol. The number of carboxylic acid groups (broad SMARTS) is 1. The van der Waals surface area contributed by atoms with Gasteiger partial charge < -0.3 is 15.2 Å². The molecule has 4 nitrogen and oxygen atoms in total. The largest absolute Gasteiger partial charge is 0.489 e. The van der Waals surface area contributed by atoms with Crippen LogP contribution in [0, 0.1) is 0 Å². The number of rotatable bonds is 8. The van der Waals surface area contributed by atoms with E-state index < -0.39 is 5.97 Å². The number of halogens is 2. The zero-order chi connectivity index (χ0) is 19.9. The van der Waals surface area contributed by atoms with Crippen LogP contribution >= 0.6 is 23.2 Å². The Labute approximate surface area is 173 Å². The van der Waals surface area contributed by atoms with Crippen molar-refractivity contribution in [3.8, 4) is 5.75 Å². The fourth-order valence-corrected chi connectivity index (χ4v) is 3.00. The van der Waals surface area contributed by atoms with Crippen LogP contribution in [-0.4, -0.2) is 11.1 Å². The van der Waals surface area contributed by atoms with Crippen molar-refractivity contribution in [3.63, 3.8) is 0 Å². The highest BCUT2D eigenvalue weighted by Gasteiger charge is 2.07. The maximum atomic E-state index is 10.9. The van der Waals surface area contributed by atoms with Crippen LogP contribution in [0.25, 0.3) is 0 Å². The van der Waals surface area contributed by atoms with E-state index in [9.17, 15) is 4.79 Å². The first-order valence-corrected chi connectivity index (χ1v) is 9.45. The van der Waals surface area contributed by atoms with Crippen LogP contribution in [0.2, 0.25) is 10.0 Å². The first-order valence-electron chi connectivity index (χ1n) is 8.70. The van der Waals surface area contributed by atoms with Crippen LogP contribution in [0.3, 0.4) is 0 Å². The third kappa shape index (κ3) is 5.73. The van der Waals surface area contributed by atoms with Crippen molar-refractivity contribution in [1.82, 2.24) is 5.32 Å². The highest BCUT2D eigenvalue weighted by atomic mass is 35.5. The maximum Gasteiger partial charge on any atom is 0.335 e. The highest BCUT2D eigenvalue weighted by Crippen LogP contribution is 2.24. The Balaban J connectivity index is 1.60. The molecule has 0 atom stereocenters. The lowest BCUT2D eigenvalue weighted by atomic mass is 10.1. The fourth-order valence-electron chi connectivity index (χ4n) is 2.68. The molecule has 3 aromatic rings. The monoisotopic (exact) mass is 415 g/mol.